The van der Waals surface area contributed by atoms with E-state index in [0.717, 1.165) is 4.90 Å². The molecule has 5 atom stereocenters. The second kappa shape index (κ2) is 15.8. The van der Waals surface area contributed by atoms with Gasteiger partial charge in [-0.25, -0.2) is 22.2 Å². The van der Waals surface area contributed by atoms with Gasteiger partial charge in [0, 0.05) is 55.4 Å². The van der Waals surface area contributed by atoms with Gasteiger partial charge >= 0.3 is 0 Å². The van der Waals surface area contributed by atoms with Crippen molar-refractivity contribution in [1.29, 1.82) is 0 Å². The molecule has 59 heavy (non-hydrogen) atoms. The Morgan fingerprint density at radius 3 is 2.49 bits per heavy atom. The lowest BCUT2D eigenvalue weighted by Crippen LogP contribution is -2.57. The lowest BCUT2D eigenvalue weighted by atomic mass is 9.77. The van der Waals surface area contributed by atoms with Gasteiger partial charge in [-0.3, -0.25) is 28.9 Å². The van der Waals surface area contributed by atoms with Gasteiger partial charge in [-0.15, -0.1) is 6.58 Å². The second-order valence-electron chi connectivity index (χ2n) is 17.2. The maximum absolute atomic E-state index is 14.8. The van der Waals surface area contributed by atoms with E-state index < -0.39 is 86.3 Å². The van der Waals surface area contributed by atoms with E-state index in [9.17, 15) is 36.4 Å². The third-order valence-electron chi connectivity index (χ3n) is 11.8. The molecule has 17 heteroatoms. The number of carbonyl (C=O) groups excluding carboxylic acids is 4. The number of nitrogens with zero attached hydrogens (tertiary/aromatic N) is 4. The van der Waals surface area contributed by atoms with Crippen molar-refractivity contribution >= 4 is 44.6 Å². The zero-order valence-corrected chi connectivity index (χ0v) is 34.4. The van der Waals surface area contributed by atoms with Crippen molar-refractivity contribution in [1.82, 2.24) is 29.8 Å². The number of halogens is 2. The number of amides is 4. The summed E-state index contributed by atoms with van der Waals surface area (Å²) in [6, 6.07) is 11.2. The minimum Gasteiger partial charge on any atom is -0.497 e. The van der Waals surface area contributed by atoms with Crippen molar-refractivity contribution in [3.05, 3.63) is 61.3 Å². The number of pyridine rings is 2. The molecule has 4 heterocycles. The molecule has 316 valence electrons. The number of sulfonamides is 1. The first-order chi connectivity index (χ1) is 27.8. The Morgan fingerprint density at radius 1 is 1.10 bits per heavy atom. The predicted octanol–water partition coefficient (Wildman–Crippen LogP) is 4.63. The molecule has 2 saturated heterocycles. The summed E-state index contributed by atoms with van der Waals surface area (Å²) < 4.78 is 68.6. The highest BCUT2D eigenvalue weighted by Gasteiger charge is 2.62. The standard InChI is InChI=1S/C42H50F2N6O8S/c1-6-25-22-42(25,39(54)48-59(55,56)28-12-13-28)47-37(52)34-19-27(23-50(34)38(53)30(40(2,3)4)20-36(51)49-17-9-15-41(43,44)24-49)58-35-21-33(31-10-7-8-16-45-31)46-32-18-26(57-5)11-14-29(32)35/h6-8,10-11,14,16,18,21,25,27-28,30,34H,1,9,12-13,15,17,19-20,22-24H2,2-5H3,(H,47,52)(H,48,54)/t25-,27-,30-,34+,42-/m1/s1. The Hall–Kier alpha value is -5.19. The van der Waals surface area contributed by atoms with Crippen molar-refractivity contribution in [2.45, 2.75) is 94.6 Å². The van der Waals surface area contributed by atoms with Crippen LogP contribution in [0.4, 0.5) is 8.78 Å². The quantitative estimate of drug-likeness (QED) is 0.231. The number of hydrogen-bond donors (Lipinski definition) is 2. The molecule has 0 bridgehead atoms. The Morgan fingerprint density at radius 2 is 1.86 bits per heavy atom. The number of ether oxygens (including phenoxy) is 2. The van der Waals surface area contributed by atoms with Gasteiger partial charge in [-0.1, -0.05) is 32.9 Å². The molecule has 7 rings (SSSR count). The summed E-state index contributed by atoms with van der Waals surface area (Å²) in [7, 11) is -2.42. The molecule has 3 aromatic rings. The van der Waals surface area contributed by atoms with E-state index in [1.165, 1.54) is 18.1 Å². The first kappa shape index (κ1) is 42.0. The first-order valence-corrected chi connectivity index (χ1v) is 21.4. The van der Waals surface area contributed by atoms with Gasteiger partial charge in [-0.2, -0.15) is 0 Å². The Balaban J connectivity index is 1.21. The summed E-state index contributed by atoms with van der Waals surface area (Å²) in [6.07, 6.45) is 2.64. The van der Waals surface area contributed by atoms with E-state index in [1.807, 2.05) is 6.07 Å². The second-order valence-corrected chi connectivity index (χ2v) is 19.1. The van der Waals surface area contributed by atoms with Crippen LogP contribution in [0, 0.1) is 17.3 Å². The summed E-state index contributed by atoms with van der Waals surface area (Å²) in [5, 5.41) is 2.72. The number of fused-ring (bicyclic) bond motifs is 1. The molecule has 0 radical (unpaired) electrons. The molecule has 14 nitrogen and oxygen atoms in total. The molecule has 1 aromatic carbocycles. The maximum Gasteiger partial charge on any atom is 0.265 e. The van der Waals surface area contributed by atoms with Crippen molar-refractivity contribution < 1.29 is 45.9 Å². The third-order valence-corrected chi connectivity index (χ3v) is 13.6. The fourth-order valence-corrected chi connectivity index (χ4v) is 9.43. The predicted molar refractivity (Wildman–Crippen MR) is 214 cm³/mol. The van der Waals surface area contributed by atoms with Crippen LogP contribution in [0.5, 0.6) is 11.5 Å². The minimum absolute atomic E-state index is 0.0452. The van der Waals surface area contributed by atoms with Gasteiger partial charge in [0.2, 0.25) is 27.7 Å². The van der Waals surface area contributed by atoms with Crippen LogP contribution < -0.4 is 19.5 Å². The number of piperidine rings is 1. The smallest absolute Gasteiger partial charge is 0.265 e. The van der Waals surface area contributed by atoms with Gasteiger partial charge in [-0.05, 0) is 55.4 Å². The van der Waals surface area contributed by atoms with E-state index in [-0.39, 0.29) is 45.2 Å². The molecule has 4 amide bonds. The number of methoxy groups -OCH3 is 1. The SMILES string of the molecule is C=C[C@@H]1C[C@]1(NC(=O)[C@@H]1C[C@@H](Oc2cc(-c3ccccn3)nc3cc(OC)ccc23)CN1C(=O)[C@@H](CC(=O)N1CCCC(F)(F)C1)C(C)(C)C)C(=O)NS(=O)(=O)C1CC1. The zero-order chi connectivity index (χ0) is 42.5. The largest absolute Gasteiger partial charge is 0.497 e. The molecule has 4 aliphatic rings. The summed E-state index contributed by atoms with van der Waals surface area (Å²) in [5.41, 5.74) is -0.873. The van der Waals surface area contributed by atoms with Gasteiger partial charge in [0.25, 0.3) is 11.8 Å². The fraction of sp³-hybridized carbons (Fsp3) is 0.524. The molecule has 2 N–H and O–H groups in total. The molecular formula is C42H50F2N6O8S. The van der Waals surface area contributed by atoms with Crippen LogP contribution >= 0.6 is 0 Å². The van der Waals surface area contributed by atoms with Crippen LogP contribution in [-0.4, -0.2) is 107 Å². The summed E-state index contributed by atoms with van der Waals surface area (Å²) >= 11 is 0. The normalized spacial score (nSPS) is 24.5. The van der Waals surface area contributed by atoms with Gasteiger partial charge in [0.15, 0.2) is 0 Å². The highest BCUT2D eigenvalue weighted by atomic mass is 32.2. The molecule has 2 saturated carbocycles. The van der Waals surface area contributed by atoms with E-state index in [0.29, 0.717) is 46.6 Å². The monoisotopic (exact) mass is 836 g/mol. The summed E-state index contributed by atoms with van der Waals surface area (Å²) in [4.78, 5) is 68.2. The number of hydrogen-bond acceptors (Lipinski definition) is 10. The maximum atomic E-state index is 14.8. The van der Waals surface area contributed by atoms with Crippen LogP contribution in [0.2, 0.25) is 0 Å². The average Bonchev–Trinajstić information content (AvgIpc) is 4.12. The number of likely N-dealkylation sites (tertiary alicyclic amines) is 2. The van der Waals surface area contributed by atoms with Gasteiger partial charge in [0.1, 0.15) is 29.2 Å². The van der Waals surface area contributed by atoms with Gasteiger partial charge < -0.3 is 24.6 Å². The van der Waals surface area contributed by atoms with Gasteiger partial charge in [0.05, 0.1) is 48.3 Å². The van der Waals surface area contributed by atoms with Crippen LogP contribution in [0.25, 0.3) is 22.3 Å². The van der Waals surface area contributed by atoms with Crippen molar-refractivity contribution in [2.24, 2.45) is 17.3 Å². The molecule has 4 fully saturated rings. The third kappa shape index (κ3) is 8.89. The lowest BCUT2D eigenvalue weighted by Gasteiger charge is -2.37. The molecule has 2 aliphatic carbocycles. The number of rotatable bonds is 13. The highest BCUT2D eigenvalue weighted by molar-refractivity contribution is 7.91. The lowest BCUT2D eigenvalue weighted by molar-refractivity contribution is -0.151. The van der Waals surface area contributed by atoms with E-state index >= 15 is 0 Å². The number of carbonyl (C=O) groups is 4. The number of nitrogens with one attached hydrogen (secondary N) is 2. The summed E-state index contributed by atoms with van der Waals surface area (Å²) in [5.74, 6) is -6.47. The molecular weight excluding hydrogens is 787 g/mol. The summed E-state index contributed by atoms with van der Waals surface area (Å²) in [6.45, 7) is 8.36. The molecule has 2 aliphatic heterocycles. The van der Waals surface area contributed by atoms with Crippen LogP contribution in [0.15, 0.2) is 61.3 Å². The Kier molecular flexibility index (Phi) is 11.2. The van der Waals surface area contributed by atoms with E-state index in [2.05, 4.69) is 21.6 Å². The molecule has 0 spiro atoms. The minimum atomic E-state index is -3.96. The number of alkyl halides is 2. The molecule has 0 unspecified atom stereocenters. The fourth-order valence-electron chi connectivity index (χ4n) is 8.07. The van der Waals surface area contributed by atoms with E-state index in [1.54, 1.807) is 63.4 Å². The van der Waals surface area contributed by atoms with Crippen molar-refractivity contribution in [3.63, 3.8) is 0 Å². The van der Waals surface area contributed by atoms with Crippen molar-refractivity contribution in [2.75, 3.05) is 26.7 Å². The highest BCUT2D eigenvalue weighted by Crippen LogP contribution is 2.46. The molecule has 2 aromatic heterocycles. The first-order valence-electron chi connectivity index (χ1n) is 19.9. The number of aromatic nitrogens is 2. The van der Waals surface area contributed by atoms with Crippen LogP contribution in [0.1, 0.15) is 65.7 Å². The Labute approximate surface area is 342 Å². The Bertz CT molecular complexity index is 2270. The van der Waals surface area contributed by atoms with Crippen LogP contribution in [0.3, 0.4) is 0 Å². The van der Waals surface area contributed by atoms with Crippen molar-refractivity contribution in [3.8, 4) is 22.9 Å². The average molecular weight is 837 g/mol. The van der Waals surface area contributed by atoms with E-state index in [4.69, 9.17) is 14.5 Å². The van der Waals surface area contributed by atoms with Crippen LogP contribution in [-0.2, 0) is 29.2 Å². The topological polar surface area (TPSA) is 177 Å². The zero-order valence-electron chi connectivity index (χ0n) is 33.6. The number of benzene rings is 1.